The fraction of sp³-hybridized carbons (Fsp3) is 0.562. The van der Waals surface area contributed by atoms with Crippen molar-refractivity contribution >= 4 is 17.3 Å². The van der Waals surface area contributed by atoms with Gasteiger partial charge in [0.15, 0.2) is 0 Å². The molecular weight excluding hydrogens is 330 g/mol. The molecule has 0 radical (unpaired) electrons. The van der Waals surface area contributed by atoms with Crippen LogP contribution >= 0.6 is 0 Å². The first-order valence-electron chi connectivity index (χ1n) is 8.26. The average Bonchev–Trinajstić information content (AvgIpc) is 2.59. The van der Waals surface area contributed by atoms with Gasteiger partial charge in [-0.05, 0) is 19.3 Å². The van der Waals surface area contributed by atoms with Crippen LogP contribution in [0.3, 0.4) is 0 Å². The predicted molar refractivity (Wildman–Crippen MR) is 87.2 cm³/mol. The second-order valence-electron chi connectivity index (χ2n) is 6.80. The summed E-state index contributed by atoms with van der Waals surface area (Å²) in [4.78, 5) is 34.7. The monoisotopic (exact) mass is 349 g/mol. The van der Waals surface area contributed by atoms with Crippen molar-refractivity contribution in [1.82, 2.24) is 4.90 Å². The molecule has 1 amide bonds. The highest BCUT2D eigenvalue weighted by Gasteiger charge is 2.44. The first-order chi connectivity index (χ1) is 11.8. The number of rotatable bonds is 3. The zero-order valence-corrected chi connectivity index (χ0v) is 13.6. The van der Waals surface area contributed by atoms with Crippen molar-refractivity contribution in [2.24, 2.45) is 5.92 Å². The molecule has 2 atom stereocenters. The van der Waals surface area contributed by atoms with Crippen LogP contribution < -0.4 is 0 Å². The molecule has 2 aliphatic rings. The number of carbonyl (C=O) groups is 1. The van der Waals surface area contributed by atoms with E-state index in [0.717, 1.165) is 43.9 Å². The third kappa shape index (κ3) is 3.32. The van der Waals surface area contributed by atoms with Crippen molar-refractivity contribution in [2.45, 2.75) is 37.7 Å². The summed E-state index contributed by atoms with van der Waals surface area (Å²) in [5.74, 6) is -0.493. The summed E-state index contributed by atoms with van der Waals surface area (Å²) in [5.41, 5.74) is -1.78. The summed E-state index contributed by atoms with van der Waals surface area (Å²) >= 11 is 0. The number of nitro benzene ring substituents is 2. The molecule has 3 rings (SSSR count). The van der Waals surface area contributed by atoms with Crippen molar-refractivity contribution in [1.29, 1.82) is 0 Å². The predicted octanol–water partition coefficient (Wildman–Crippen LogP) is 2.27. The van der Waals surface area contributed by atoms with E-state index in [1.807, 2.05) is 0 Å². The van der Waals surface area contributed by atoms with Gasteiger partial charge in [-0.25, -0.2) is 0 Å². The number of nitro groups is 2. The van der Waals surface area contributed by atoms with E-state index < -0.39 is 32.7 Å². The molecule has 1 aliphatic heterocycles. The third-order valence-electron chi connectivity index (χ3n) is 5.29. The Morgan fingerprint density at radius 2 is 1.76 bits per heavy atom. The van der Waals surface area contributed by atoms with Crippen molar-refractivity contribution in [3.8, 4) is 0 Å². The molecule has 9 heteroatoms. The summed E-state index contributed by atoms with van der Waals surface area (Å²) in [5, 5.41) is 32.6. The maximum atomic E-state index is 12.7. The Balaban J connectivity index is 1.86. The van der Waals surface area contributed by atoms with Gasteiger partial charge in [0.1, 0.15) is 0 Å². The van der Waals surface area contributed by atoms with Crippen LogP contribution in [-0.4, -0.2) is 44.5 Å². The zero-order valence-electron chi connectivity index (χ0n) is 13.6. The van der Waals surface area contributed by atoms with Crippen LogP contribution in [0.5, 0.6) is 0 Å². The van der Waals surface area contributed by atoms with Crippen LogP contribution in [0, 0.1) is 26.1 Å². The number of hydrogen-bond donors (Lipinski definition) is 1. The van der Waals surface area contributed by atoms with Gasteiger partial charge in [-0.15, -0.1) is 0 Å². The normalized spacial score (nSPS) is 26.0. The number of likely N-dealkylation sites (tertiary alicyclic amines) is 1. The van der Waals surface area contributed by atoms with Gasteiger partial charge in [0.2, 0.25) is 0 Å². The molecule has 1 N–H and O–H groups in total. The molecule has 0 spiro atoms. The molecule has 1 aromatic rings. The standard InChI is InChI=1S/C16H19N3O6/c20-15(11-7-13(18(22)23)9-14(8-11)19(24)25)17-6-5-16(21)4-2-1-3-12(16)10-17/h7-9,12,21H,1-6,10H2/t12-,16+/m1/s1. The molecule has 1 heterocycles. The van der Waals surface area contributed by atoms with Crippen LogP contribution in [0.2, 0.25) is 0 Å². The van der Waals surface area contributed by atoms with E-state index in [4.69, 9.17) is 0 Å². The van der Waals surface area contributed by atoms with Crippen LogP contribution in [0.15, 0.2) is 18.2 Å². The van der Waals surface area contributed by atoms with Crippen molar-refractivity contribution in [2.75, 3.05) is 13.1 Å². The van der Waals surface area contributed by atoms with Crippen molar-refractivity contribution < 1.29 is 19.7 Å². The van der Waals surface area contributed by atoms with Gasteiger partial charge in [-0.1, -0.05) is 12.8 Å². The summed E-state index contributed by atoms with van der Waals surface area (Å²) in [6.07, 6.45) is 3.98. The molecule has 134 valence electrons. The summed E-state index contributed by atoms with van der Waals surface area (Å²) in [7, 11) is 0. The molecule has 1 aromatic carbocycles. The van der Waals surface area contributed by atoms with E-state index in [0.29, 0.717) is 19.5 Å². The van der Waals surface area contributed by atoms with Crippen LogP contribution in [-0.2, 0) is 0 Å². The number of carbonyl (C=O) groups excluding carboxylic acids is 1. The van der Waals surface area contributed by atoms with E-state index in [-0.39, 0.29) is 11.5 Å². The lowest BCUT2D eigenvalue weighted by molar-refractivity contribution is -0.394. The summed E-state index contributed by atoms with van der Waals surface area (Å²) in [6.45, 7) is 0.703. The lowest BCUT2D eigenvalue weighted by Crippen LogP contribution is -2.54. The van der Waals surface area contributed by atoms with Gasteiger partial charge in [0, 0.05) is 31.1 Å². The van der Waals surface area contributed by atoms with Gasteiger partial charge in [0.05, 0.1) is 27.1 Å². The molecule has 1 saturated carbocycles. The number of benzene rings is 1. The molecule has 0 aromatic heterocycles. The topological polar surface area (TPSA) is 127 Å². The van der Waals surface area contributed by atoms with E-state index in [1.165, 1.54) is 4.90 Å². The molecule has 1 saturated heterocycles. The maximum Gasteiger partial charge on any atom is 0.277 e. The Morgan fingerprint density at radius 1 is 1.12 bits per heavy atom. The highest BCUT2D eigenvalue weighted by atomic mass is 16.6. The fourth-order valence-corrected chi connectivity index (χ4v) is 3.87. The summed E-state index contributed by atoms with van der Waals surface area (Å²) in [6, 6.07) is 2.97. The second-order valence-corrected chi connectivity index (χ2v) is 6.80. The van der Waals surface area contributed by atoms with Crippen LogP contribution in [0.1, 0.15) is 42.5 Å². The number of hydrogen-bond acceptors (Lipinski definition) is 6. The number of aliphatic hydroxyl groups is 1. The number of piperidine rings is 1. The highest BCUT2D eigenvalue weighted by Crippen LogP contribution is 2.40. The molecular formula is C16H19N3O6. The van der Waals surface area contributed by atoms with Crippen molar-refractivity contribution in [3.63, 3.8) is 0 Å². The first kappa shape index (κ1) is 17.3. The molecule has 0 bridgehead atoms. The smallest absolute Gasteiger partial charge is 0.277 e. The average molecular weight is 349 g/mol. The Kier molecular flexibility index (Phi) is 4.42. The second kappa shape index (κ2) is 6.40. The number of nitrogens with zero attached hydrogens (tertiary/aromatic N) is 3. The minimum Gasteiger partial charge on any atom is -0.389 e. The Bertz CT molecular complexity index is 704. The van der Waals surface area contributed by atoms with Crippen LogP contribution in [0.25, 0.3) is 0 Å². The Morgan fingerprint density at radius 3 is 2.36 bits per heavy atom. The highest BCUT2D eigenvalue weighted by molar-refractivity contribution is 5.95. The van der Waals surface area contributed by atoms with Gasteiger partial charge in [-0.2, -0.15) is 0 Å². The molecule has 25 heavy (non-hydrogen) atoms. The molecule has 1 aliphatic carbocycles. The minimum absolute atomic E-state index is 0.0207. The van der Waals surface area contributed by atoms with Crippen LogP contribution in [0.4, 0.5) is 11.4 Å². The quantitative estimate of drug-likeness (QED) is 0.659. The SMILES string of the molecule is O=C(c1cc([N+](=O)[O-])cc([N+](=O)[O-])c1)N1CC[C@@]2(O)CCCC[C@@H]2C1. The Labute approximate surface area is 143 Å². The Hall–Kier alpha value is -2.55. The van der Waals surface area contributed by atoms with Crippen molar-refractivity contribution in [3.05, 3.63) is 44.0 Å². The molecule has 9 nitrogen and oxygen atoms in total. The van der Waals surface area contributed by atoms with E-state index >= 15 is 0 Å². The number of fused-ring (bicyclic) bond motifs is 1. The number of non-ortho nitro benzene ring substituents is 2. The van der Waals surface area contributed by atoms with Gasteiger partial charge < -0.3 is 10.0 Å². The number of amides is 1. The fourth-order valence-electron chi connectivity index (χ4n) is 3.87. The minimum atomic E-state index is -0.750. The largest absolute Gasteiger partial charge is 0.389 e. The molecule has 2 fully saturated rings. The molecule has 0 unspecified atom stereocenters. The lowest BCUT2D eigenvalue weighted by Gasteiger charge is -2.47. The van der Waals surface area contributed by atoms with E-state index in [9.17, 15) is 30.1 Å². The first-order valence-corrected chi connectivity index (χ1v) is 8.26. The van der Waals surface area contributed by atoms with Gasteiger partial charge in [0.25, 0.3) is 17.3 Å². The van der Waals surface area contributed by atoms with Gasteiger partial charge in [-0.3, -0.25) is 25.0 Å². The third-order valence-corrected chi connectivity index (χ3v) is 5.29. The zero-order chi connectivity index (χ0) is 18.2. The maximum absolute atomic E-state index is 12.7. The van der Waals surface area contributed by atoms with Gasteiger partial charge >= 0.3 is 0 Å². The van der Waals surface area contributed by atoms with E-state index in [2.05, 4.69) is 0 Å². The lowest BCUT2D eigenvalue weighted by atomic mass is 9.71. The summed E-state index contributed by atoms with van der Waals surface area (Å²) < 4.78 is 0. The van der Waals surface area contributed by atoms with E-state index in [1.54, 1.807) is 0 Å².